The molecule has 0 aliphatic rings. The van der Waals surface area contributed by atoms with Crippen LogP contribution < -0.4 is 4.74 Å². The van der Waals surface area contributed by atoms with Crippen LogP contribution in [-0.2, 0) is 4.74 Å². The number of benzene rings is 1. The Bertz CT molecular complexity index is 277. The molecule has 84 valence electrons. The molecule has 1 aromatic rings. The molecule has 0 amide bonds. The standard InChI is InChI=1S/C10H12O3.C2H6/c1-3-13-10(11)8-4-6-9(12-2)7-5-8;1-2/h4-7H,3H2,1-2H3;1-2H3. The lowest BCUT2D eigenvalue weighted by atomic mass is 10.2. The largest absolute Gasteiger partial charge is 0.497 e. The number of esters is 1. The van der Waals surface area contributed by atoms with E-state index in [1.165, 1.54) is 0 Å². The van der Waals surface area contributed by atoms with Crippen molar-refractivity contribution in [2.45, 2.75) is 20.8 Å². The molecular formula is C12H18O3. The molecule has 0 spiro atoms. The summed E-state index contributed by atoms with van der Waals surface area (Å²) in [7, 11) is 1.58. The molecule has 3 heteroatoms. The van der Waals surface area contributed by atoms with Crippen LogP contribution >= 0.6 is 0 Å². The molecule has 0 fully saturated rings. The predicted molar refractivity (Wildman–Crippen MR) is 60.3 cm³/mol. The van der Waals surface area contributed by atoms with Gasteiger partial charge in [0.15, 0.2) is 0 Å². The number of carbonyl (C=O) groups excluding carboxylic acids is 1. The molecular weight excluding hydrogens is 192 g/mol. The van der Waals surface area contributed by atoms with Crippen molar-refractivity contribution in [3.63, 3.8) is 0 Å². The highest BCUT2D eigenvalue weighted by Crippen LogP contribution is 2.11. The van der Waals surface area contributed by atoms with E-state index >= 15 is 0 Å². The molecule has 0 saturated heterocycles. The number of hydrogen-bond acceptors (Lipinski definition) is 3. The Hall–Kier alpha value is -1.51. The molecule has 0 unspecified atom stereocenters. The van der Waals surface area contributed by atoms with Gasteiger partial charge in [0.2, 0.25) is 0 Å². The number of carbonyl (C=O) groups is 1. The summed E-state index contributed by atoms with van der Waals surface area (Å²) in [6.07, 6.45) is 0. The molecule has 1 aromatic carbocycles. The van der Waals surface area contributed by atoms with Gasteiger partial charge in [0.25, 0.3) is 0 Å². The van der Waals surface area contributed by atoms with Gasteiger partial charge >= 0.3 is 5.97 Å². The van der Waals surface area contributed by atoms with Crippen LogP contribution in [0.15, 0.2) is 24.3 Å². The summed E-state index contributed by atoms with van der Waals surface area (Å²) in [5.41, 5.74) is 0.544. The van der Waals surface area contributed by atoms with Gasteiger partial charge in [-0.3, -0.25) is 0 Å². The van der Waals surface area contributed by atoms with Crippen molar-refractivity contribution < 1.29 is 14.3 Å². The normalized spacial score (nSPS) is 8.53. The van der Waals surface area contributed by atoms with Gasteiger partial charge in [-0.15, -0.1) is 0 Å². The van der Waals surface area contributed by atoms with E-state index in [1.807, 2.05) is 13.8 Å². The van der Waals surface area contributed by atoms with Gasteiger partial charge in [0.1, 0.15) is 5.75 Å². The maximum Gasteiger partial charge on any atom is 0.338 e. The monoisotopic (exact) mass is 210 g/mol. The van der Waals surface area contributed by atoms with Crippen LogP contribution in [0.25, 0.3) is 0 Å². The second kappa shape index (κ2) is 7.85. The third kappa shape index (κ3) is 4.49. The minimum atomic E-state index is -0.301. The van der Waals surface area contributed by atoms with Crippen LogP contribution in [0.1, 0.15) is 31.1 Å². The highest BCUT2D eigenvalue weighted by Gasteiger charge is 2.04. The van der Waals surface area contributed by atoms with Crippen LogP contribution in [0.4, 0.5) is 0 Å². The Morgan fingerprint density at radius 1 is 1.20 bits per heavy atom. The van der Waals surface area contributed by atoms with Crippen LogP contribution in [0.5, 0.6) is 5.75 Å². The fourth-order valence-corrected chi connectivity index (χ4v) is 0.942. The maximum absolute atomic E-state index is 11.2. The Morgan fingerprint density at radius 2 is 1.73 bits per heavy atom. The second-order valence-electron chi connectivity index (χ2n) is 2.45. The molecule has 0 aliphatic heterocycles. The molecule has 1 rings (SSSR count). The van der Waals surface area contributed by atoms with E-state index in [2.05, 4.69) is 0 Å². The van der Waals surface area contributed by atoms with Crippen molar-refractivity contribution in [2.24, 2.45) is 0 Å². The molecule has 15 heavy (non-hydrogen) atoms. The van der Waals surface area contributed by atoms with Crippen molar-refractivity contribution in [3.8, 4) is 5.75 Å². The second-order valence-corrected chi connectivity index (χ2v) is 2.45. The molecule has 0 aliphatic carbocycles. The van der Waals surface area contributed by atoms with E-state index in [0.717, 1.165) is 5.75 Å². The molecule has 0 N–H and O–H groups in total. The third-order valence-electron chi connectivity index (χ3n) is 1.60. The first-order chi connectivity index (χ1) is 7.27. The molecule has 0 radical (unpaired) electrons. The van der Waals surface area contributed by atoms with E-state index in [0.29, 0.717) is 12.2 Å². The van der Waals surface area contributed by atoms with Gasteiger partial charge in [0.05, 0.1) is 19.3 Å². The van der Waals surface area contributed by atoms with Crippen molar-refractivity contribution in [2.75, 3.05) is 13.7 Å². The molecule has 3 nitrogen and oxygen atoms in total. The summed E-state index contributed by atoms with van der Waals surface area (Å²) in [6.45, 7) is 6.17. The lowest BCUT2D eigenvalue weighted by Crippen LogP contribution is -2.03. The van der Waals surface area contributed by atoms with Crippen molar-refractivity contribution in [3.05, 3.63) is 29.8 Å². The SMILES string of the molecule is CC.CCOC(=O)c1ccc(OC)cc1. The average molecular weight is 210 g/mol. The van der Waals surface area contributed by atoms with Crippen molar-refractivity contribution in [1.29, 1.82) is 0 Å². The van der Waals surface area contributed by atoms with E-state index in [9.17, 15) is 4.79 Å². The average Bonchev–Trinajstić information content (AvgIpc) is 2.32. The van der Waals surface area contributed by atoms with Crippen LogP contribution in [0, 0.1) is 0 Å². The van der Waals surface area contributed by atoms with E-state index < -0.39 is 0 Å². The number of hydrogen-bond donors (Lipinski definition) is 0. The topological polar surface area (TPSA) is 35.5 Å². The van der Waals surface area contributed by atoms with E-state index in [-0.39, 0.29) is 5.97 Å². The summed E-state index contributed by atoms with van der Waals surface area (Å²) < 4.78 is 9.78. The van der Waals surface area contributed by atoms with Crippen LogP contribution in [-0.4, -0.2) is 19.7 Å². The minimum Gasteiger partial charge on any atom is -0.497 e. The zero-order valence-electron chi connectivity index (χ0n) is 9.74. The zero-order chi connectivity index (χ0) is 11.7. The summed E-state index contributed by atoms with van der Waals surface area (Å²) in [6, 6.07) is 6.81. The highest BCUT2D eigenvalue weighted by molar-refractivity contribution is 5.89. The Kier molecular flexibility index (Phi) is 7.06. The van der Waals surface area contributed by atoms with Gasteiger partial charge in [-0.25, -0.2) is 4.79 Å². The fraction of sp³-hybridized carbons (Fsp3) is 0.417. The maximum atomic E-state index is 11.2. The summed E-state index contributed by atoms with van der Waals surface area (Å²) >= 11 is 0. The first kappa shape index (κ1) is 13.5. The third-order valence-corrected chi connectivity index (χ3v) is 1.60. The van der Waals surface area contributed by atoms with Gasteiger partial charge in [-0.1, -0.05) is 13.8 Å². The fourth-order valence-electron chi connectivity index (χ4n) is 0.942. The summed E-state index contributed by atoms with van der Waals surface area (Å²) in [4.78, 5) is 11.2. The van der Waals surface area contributed by atoms with Crippen LogP contribution in [0.2, 0.25) is 0 Å². The van der Waals surface area contributed by atoms with Gasteiger partial charge in [-0.2, -0.15) is 0 Å². The lowest BCUT2D eigenvalue weighted by molar-refractivity contribution is 0.0526. The summed E-state index contributed by atoms with van der Waals surface area (Å²) in [5.74, 6) is 0.429. The van der Waals surface area contributed by atoms with Crippen molar-refractivity contribution >= 4 is 5.97 Å². The minimum absolute atomic E-state index is 0.301. The first-order valence-corrected chi connectivity index (χ1v) is 5.09. The zero-order valence-corrected chi connectivity index (χ0v) is 9.74. The van der Waals surface area contributed by atoms with Crippen molar-refractivity contribution in [1.82, 2.24) is 0 Å². The Balaban J connectivity index is 0.000000921. The molecule has 0 bridgehead atoms. The highest BCUT2D eigenvalue weighted by atomic mass is 16.5. The molecule has 0 heterocycles. The predicted octanol–water partition coefficient (Wildman–Crippen LogP) is 2.90. The van der Waals surface area contributed by atoms with Gasteiger partial charge in [0, 0.05) is 0 Å². The Morgan fingerprint density at radius 3 is 2.13 bits per heavy atom. The smallest absolute Gasteiger partial charge is 0.338 e. The molecule has 0 atom stereocenters. The van der Waals surface area contributed by atoms with Gasteiger partial charge in [-0.05, 0) is 31.2 Å². The Labute approximate surface area is 91.0 Å². The van der Waals surface area contributed by atoms with E-state index in [1.54, 1.807) is 38.3 Å². The number of rotatable bonds is 3. The quantitative estimate of drug-likeness (QED) is 0.719. The molecule has 0 aromatic heterocycles. The van der Waals surface area contributed by atoms with Crippen LogP contribution in [0.3, 0.4) is 0 Å². The van der Waals surface area contributed by atoms with Gasteiger partial charge < -0.3 is 9.47 Å². The lowest BCUT2D eigenvalue weighted by Gasteiger charge is -2.02. The summed E-state index contributed by atoms with van der Waals surface area (Å²) in [5, 5.41) is 0. The first-order valence-electron chi connectivity index (χ1n) is 5.09. The molecule has 0 saturated carbocycles. The van der Waals surface area contributed by atoms with E-state index in [4.69, 9.17) is 9.47 Å². The number of ether oxygens (including phenoxy) is 2. The number of methoxy groups -OCH3 is 1.